The molecule has 0 unspecified atom stereocenters. The van der Waals surface area contributed by atoms with Gasteiger partial charge in [0.15, 0.2) is 5.13 Å². The van der Waals surface area contributed by atoms with Crippen LogP contribution in [0.25, 0.3) is 0 Å². The molecule has 142 valence electrons. The zero-order valence-corrected chi connectivity index (χ0v) is 16.2. The second-order valence-electron chi connectivity index (χ2n) is 5.90. The second-order valence-corrected chi connectivity index (χ2v) is 7.16. The summed E-state index contributed by atoms with van der Waals surface area (Å²) in [6.45, 7) is 2.64. The number of rotatable bonds is 6. The van der Waals surface area contributed by atoms with Gasteiger partial charge in [0.05, 0.1) is 29.4 Å². The van der Waals surface area contributed by atoms with E-state index >= 15 is 0 Å². The molecule has 0 radical (unpaired) electrons. The third kappa shape index (κ3) is 4.64. The van der Waals surface area contributed by atoms with Gasteiger partial charge < -0.3 is 9.64 Å². The van der Waals surface area contributed by atoms with Crippen molar-refractivity contribution in [3.63, 3.8) is 0 Å². The molecule has 1 N–H and O–H groups in total. The van der Waals surface area contributed by atoms with E-state index in [0.29, 0.717) is 46.7 Å². The fourth-order valence-corrected chi connectivity index (χ4v) is 3.66. The van der Waals surface area contributed by atoms with E-state index in [9.17, 15) is 14.4 Å². The first kappa shape index (κ1) is 19.3. The average Bonchev–Trinajstić information content (AvgIpc) is 3.24. The lowest BCUT2D eigenvalue weighted by molar-refractivity contribution is -0.142. The minimum atomic E-state index is -0.364. The summed E-state index contributed by atoms with van der Waals surface area (Å²) in [5.41, 5.74) is 1.44. The zero-order valence-electron chi connectivity index (χ0n) is 14.7. The SMILES string of the molecule is CCOC(=O)Cc1csc(NC(=O)c2ccc(Cl)c(N3CCCC3=O)c2)n1. The van der Waals surface area contributed by atoms with E-state index in [0.717, 1.165) is 6.42 Å². The lowest BCUT2D eigenvalue weighted by atomic mass is 10.1. The number of hydrogen-bond acceptors (Lipinski definition) is 6. The molecular formula is C18H18ClN3O4S. The number of hydrogen-bond donors (Lipinski definition) is 1. The second kappa shape index (κ2) is 8.49. The highest BCUT2D eigenvalue weighted by atomic mass is 35.5. The van der Waals surface area contributed by atoms with Crippen molar-refractivity contribution in [2.24, 2.45) is 0 Å². The van der Waals surface area contributed by atoms with E-state index in [4.69, 9.17) is 16.3 Å². The van der Waals surface area contributed by atoms with Crippen LogP contribution in [-0.4, -0.2) is 35.9 Å². The molecule has 0 saturated carbocycles. The molecule has 1 aromatic carbocycles. The summed E-state index contributed by atoms with van der Waals surface area (Å²) in [6, 6.07) is 4.80. The van der Waals surface area contributed by atoms with Gasteiger partial charge in [0.1, 0.15) is 0 Å². The molecule has 2 amide bonds. The Hall–Kier alpha value is -2.45. The molecule has 2 heterocycles. The van der Waals surface area contributed by atoms with Crippen molar-refractivity contribution in [2.75, 3.05) is 23.4 Å². The fourth-order valence-electron chi connectivity index (χ4n) is 2.74. The number of amides is 2. The van der Waals surface area contributed by atoms with Crippen LogP contribution in [-0.2, 0) is 20.7 Å². The van der Waals surface area contributed by atoms with Crippen molar-refractivity contribution in [1.29, 1.82) is 0 Å². The van der Waals surface area contributed by atoms with E-state index in [-0.39, 0.29) is 24.2 Å². The van der Waals surface area contributed by atoms with Crippen LogP contribution in [0.3, 0.4) is 0 Å². The smallest absolute Gasteiger partial charge is 0.311 e. The third-order valence-corrected chi connectivity index (χ3v) is 5.10. The molecule has 3 rings (SSSR count). The number of carbonyl (C=O) groups excluding carboxylic acids is 3. The number of carbonyl (C=O) groups is 3. The molecule has 1 fully saturated rings. The van der Waals surface area contributed by atoms with E-state index < -0.39 is 0 Å². The van der Waals surface area contributed by atoms with Gasteiger partial charge in [0, 0.05) is 23.9 Å². The molecule has 2 aromatic rings. The summed E-state index contributed by atoms with van der Waals surface area (Å²) >= 11 is 7.43. The monoisotopic (exact) mass is 407 g/mol. The largest absolute Gasteiger partial charge is 0.466 e. The minimum Gasteiger partial charge on any atom is -0.466 e. The van der Waals surface area contributed by atoms with Crippen molar-refractivity contribution in [3.05, 3.63) is 39.9 Å². The molecular weight excluding hydrogens is 390 g/mol. The van der Waals surface area contributed by atoms with Gasteiger partial charge in [-0.1, -0.05) is 11.6 Å². The maximum atomic E-state index is 12.5. The van der Waals surface area contributed by atoms with Gasteiger partial charge >= 0.3 is 5.97 Å². The van der Waals surface area contributed by atoms with Crippen LogP contribution in [0.1, 0.15) is 35.8 Å². The molecule has 1 saturated heterocycles. The van der Waals surface area contributed by atoms with Crippen molar-refractivity contribution in [2.45, 2.75) is 26.2 Å². The van der Waals surface area contributed by atoms with Crippen molar-refractivity contribution in [3.8, 4) is 0 Å². The summed E-state index contributed by atoms with van der Waals surface area (Å²) in [5.74, 6) is -0.729. The number of ether oxygens (including phenoxy) is 1. The Labute approximate surface area is 165 Å². The van der Waals surface area contributed by atoms with E-state index in [1.165, 1.54) is 11.3 Å². The Morgan fingerprint density at radius 1 is 1.41 bits per heavy atom. The molecule has 9 heteroatoms. The normalized spacial score (nSPS) is 13.7. The lowest BCUT2D eigenvalue weighted by Crippen LogP contribution is -2.24. The number of anilines is 2. The molecule has 7 nitrogen and oxygen atoms in total. The van der Waals surface area contributed by atoms with Crippen LogP contribution in [0.5, 0.6) is 0 Å². The van der Waals surface area contributed by atoms with Crippen LogP contribution >= 0.6 is 22.9 Å². The Bertz CT molecular complexity index is 883. The summed E-state index contributed by atoms with van der Waals surface area (Å²) < 4.78 is 4.88. The summed E-state index contributed by atoms with van der Waals surface area (Å²) in [7, 11) is 0. The van der Waals surface area contributed by atoms with Gasteiger partial charge in [-0.15, -0.1) is 11.3 Å². The van der Waals surface area contributed by atoms with Gasteiger partial charge in [0.2, 0.25) is 5.91 Å². The molecule has 0 spiro atoms. The van der Waals surface area contributed by atoms with Crippen LogP contribution in [0.15, 0.2) is 23.6 Å². The number of thiazole rings is 1. The van der Waals surface area contributed by atoms with Crippen LogP contribution in [0, 0.1) is 0 Å². The molecule has 0 atom stereocenters. The van der Waals surface area contributed by atoms with Gasteiger partial charge in [-0.3, -0.25) is 19.7 Å². The molecule has 0 bridgehead atoms. The first-order valence-electron chi connectivity index (χ1n) is 8.49. The summed E-state index contributed by atoms with van der Waals surface area (Å²) in [6.07, 6.45) is 1.31. The molecule has 1 aliphatic heterocycles. The predicted octanol–water partition coefficient (Wildman–Crippen LogP) is 3.28. The van der Waals surface area contributed by atoms with Gasteiger partial charge in [-0.05, 0) is 31.5 Å². The number of esters is 1. The van der Waals surface area contributed by atoms with E-state index in [1.54, 1.807) is 35.4 Å². The van der Waals surface area contributed by atoms with Crippen LogP contribution < -0.4 is 10.2 Å². The number of halogens is 1. The van der Waals surface area contributed by atoms with Gasteiger partial charge in [-0.25, -0.2) is 4.98 Å². The predicted molar refractivity (Wildman–Crippen MR) is 103 cm³/mol. The topological polar surface area (TPSA) is 88.6 Å². The Balaban J connectivity index is 1.70. The molecule has 1 aliphatic rings. The minimum absolute atomic E-state index is 0.00186. The Kier molecular flexibility index (Phi) is 6.08. The molecule has 1 aromatic heterocycles. The van der Waals surface area contributed by atoms with Crippen molar-refractivity contribution in [1.82, 2.24) is 4.98 Å². The van der Waals surface area contributed by atoms with Gasteiger partial charge in [0.25, 0.3) is 5.91 Å². The summed E-state index contributed by atoms with van der Waals surface area (Å²) in [5, 5.41) is 5.21. The maximum absolute atomic E-state index is 12.5. The van der Waals surface area contributed by atoms with Crippen LogP contribution in [0.2, 0.25) is 5.02 Å². The Morgan fingerprint density at radius 3 is 2.93 bits per heavy atom. The highest BCUT2D eigenvalue weighted by Crippen LogP contribution is 2.30. The number of nitrogens with one attached hydrogen (secondary N) is 1. The highest BCUT2D eigenvalue weighted by Gasteiger charge is 2.24. The Morgan fingerprint density at radius 2 is 2.22 bits per heavy atom. The lowest BCUT2D eigenvalue weighted by Gasteiger charge is -2.18. The number of nitrogens with zero attached hydrogens (tertiary/aromatic N) is 2. The van der Waals surface area contributed by atoms with E-state index in [1.807, 2.05) is 0 Å². The number of benzene rings is 1. The fraction of sp³-hybridized carbons (Fsp3) is 0.333. The van der Waals surface area contributed by atoms with Crippen LogP contribution in [0.4, 0.5) is 10.8 Å². The quantitative estimate of drug-likeness (QED) is 0.742. The average molecular weight is 408 g/mol. The van der Waals surface area contributed by atoms with E-state index in [2.05, 4.69) is 10.3 Å². The standard InChI is InChI=1S/C18H18ClN3O4S/c1-2-26-16(24)9-12-10-27-18(20-12)21-17(25)11-5-6-13(19)14(8-11)22-7-3-4-15(22)23/h5-6,8,10H,2-4,7,9H2,1H3,(H,20,21,25). The van der Waals surface area contributed by atoms with Crippen molar-refractivity contribution >= 4 is 51.5 Å². The molecule has 0 aliphatic carbocycles. The number of aromatic nitrogens is 1. The maximum Gasteiger partial charge on any atom is 0.311 e. The molecule has 27 heavy (non-hydrogen) atoms. The van der Waals surface area contributed by atoms with Crippen molar-refractivity contribution < 1.29 is 19.1 Å². The first-order valence-corrected chi connectivity index (χ1v) is 9.75. The van der Waals surface area contributed by atoms with Gasteiger partial charge in [-0.2, -0.15) is 0 Å². The first-order chi connectivity index (χ1) is 13.0. The third-order valence-electron chi connectivity index (χ3n) is 3.98. The summed E-state index contributed by atoms with van der Waals surface area (Å²) in [4.78, 5) is 41.8. The highest BCUT2D eigenvalue weighted by molar-refractivity contribution is 7.14. The zero-order chi connectivity index (χ0) is 19.4.